The Morgan fingerprint density at radius 1 is 1.35 bits per heavy atom. The van der Waals surface area contributed by atoms with Crippen molar-refractivity contribution >= 4 is 34.2 Å². The Labute approximate surface area is 135 Å². The minimum atomic E-state index is -0.447. The summed E-state index contributed by atoms with van der Waals surface area (Å²) in [6, 6.07) is 7.15. The van der Waals surface area contributed by atoms with E-state index in [9.17, 15) is 4.79 Å². The molecule has 0 saturated heterocycles. The zero-order valence-electron chi connectivity index (χ0n) is 12.0. The molecule has 1 aromatic carbocycles. The standard InChI is InChI=1S/C14H21BrN2O2.ClH/c1-10(2)13(16)14(18)17(3)8-9-19-12-6-4-11(15)5-7-12;/h4-7,10,13H,8-9,16H2,1-3H3;1H/t13-;/m0./s1. The number of likely N-dealkylation sites (N-methyl/N-ethyl adjacent to an activating group) is 1. The van der Waals surface area contributed by atoms with Crippen LogP contribution in [-0.4, -0.2) is 37.0 Å². The van der Waals surface area contributed by atoms with Gasteiger partial charge in [-0.25, -0.2) is 0 Å². The Balaban J connectivity index is 0.00000361. The highest BCUT2D eigenvalue weighted by molar-refractivity contribution is 9.10. The number of hydrogen-bond acceptors (Lipinski definition) is 3. The minimum Gasteiger partial charge on any atom is -0.492 e. The second-order valence-corrected chi connectivity index (χ2v) is 5.75. The molecule has 0 aliphatic heterocycles. The quantitative estimate of drug-likeness (QED) is 0.843. The molecule has 2 N–H and O–H groups in total. The van der Waals surface area contributed by atoms with Crippen LogP contribution >= 0.6 is 28.3 Å². The Morgan fingerprint density at radius 3 is 2.40 bits per heavy atom. The molecule has 0 spiro atoms. The van der Waals surface area contributed by atoms with Crippen molar-refractivity contribution in [3.05, 3.63) is 28.7 Å². The smallest absolute Gasteiger partial charge is 0.239 e. The van der Waals surface area contributed by atoms with Gasteiger partial charge in [0, 0.05) is 11.5 Å². The highest BCUT2D eigenvalue weighted by Crippen LogP contribution is 2.15. The first-order chi connectivity index (χ1) is 8.91. The van der Waals surface area contributed by atoms with Gasteiger partial charge < -0.3 is 15.4 Å². The van der Waals surface area contributed by atoms with Crippen LogP contribution in [0.5, 0.6) is 5.75 Å². The van der Waals surface area contributed by atoms with Gasteiger partial charge in [-0.15, -0.1) is 12.4 Å². The van der Waals surface area contributed by atoms with E-state index in [1.807, 2.05) is 38.1 Å². The molecule has 1 rings (SSSR count). The average molecular weight is 366 g/mol. The molecule has 0 aliphatic carbocycles. The molecule has 0 fully saturated rings. The van der Waals surface area contributed by atoms with Gasteiger partial charge in [0.15, 0.2) is 0 Å². The lowest BCUT2D eigenvalue weighted by Crippen LogP contribution is -2.46. The van der Waals surface area contributed by atoms with Crippen LogP contribution in [0.1, 0.15) is 13.8 Å². The maximum Gasteiger partial charge on any atom is 0.239 e. The zero-order chi connectivity index (χ0) is 14.4. The second kappa shape index (κ2) is 9.21. The fraction of sp³-hybridized carbons (Fsp3) is 0.500. The molecule has 20 heavy (non-hydrogen) atoms. The van der Waals surface area contributed by atoms with Crippen molar-refractivity contribution in [2.45, 2.75) is 19.9 Å². The Bertz CT molecular complexity index is 412. The number of rotatable bonds is 6. The first-order valence-corrected chi connectivity index (χ1v) is 7.10. The predicted molar refractivity (Wildman–Crippen MR) is 87.3 cm³/mol. The van der Waals surface area contributed by atoms with Crippen molar-refractivity contribution in [3.8, 4) is 5.75 Å². The van der Waals surface area contributed by atoms with Crippen LogP contribution in [0.4, 0.5) is 0 Å². The fourth-order valence-corrected chi connectivity index (χ4v) is 1.75. The lowest BCUT2D eigenvalue weighted by Gasteiger charge is -2.23. The molecular formula is C14H22BrClN2O2. The third-order valence-electron chi connectivity index (χ3n) is 2.89. The highest BCUT2D eigenvalue weighted by atomic mass is 79.9. The first kappa shape index (κ1) is 19.2. The van der Waals surface area contributed by atoms with Crippen LogP contribution in [0, 0.1) is 5.92 Å². The molecule has 0 aliphatic rings. The molecule has 1 amide bonds. The van der Waals surface area contributed by atoms with Crippen LogP contribution in [0.25, 0.3) is 0 Å². The van der Waals surface area contributed by atoms with Crippen LogP contribution in [-0.2, 0) is 4.79 Å². The number of carbonyl (C=O) groups is 1. The highest BCUT2D eigenvalue weighted by Gasteiger charge is 2.20. The van der Waals surface area contributed by atoms with Crippen LogP contribution in [0.3, 0.4) is 0 Å². The second-order valence-electron chi connectivity index (χ2n) is 4.83. The monoisotopic (exact) mass is 364 g/mol. The summed E-state index contributed by atoms with van der Waals surface area (Å²) >= 11 is 3.36. The predicted octanol–water partition coefficient (Wildman–Crippen LogP) is 2.69. The molecule has 114 valence electrons. The van der Waals surface area contributed by atoms with Crippen molar-refractivity contribution in [1.82, 2.24) is 4.90 Å². The normalized spacial score (nSPS) is 11.7. The van der Waals surface area contributed by atoms with E-state index in [0.29, 0.717) is 13.2 Å². The molecular weight excluding hydrogens is 344 g/mol. The summed E-state index contributed by atoms with van der Waals surface area (Å²) in [5, 5.41) is 0. The first-order valence-electron chi connectivity index (χ1n) is 6.30. The number of nitrogens with zero attached hydrogens (tertiary/aromatic N) is 1. The van der Waals surface area contributed by atoms with Crippen LogP contribution in [0.15, 0.2) is 28.7 Å². The van der Waals surface area contributed by atoms with Gasteiger partial charge in [0.2, 0.25) is 5.91 Å². The average Bonchev–Trinajstić information content (AvgIpc) is 2.39. The van der Waals surface area contributed by atoms with E-state index in [1.54, 1.807) is 11.9 Å². The van der Waals surface area contributed by atoms with E-state index >= 15 is 0 Å². The minimum absolute atomic E-state index is 0. The molecule has 0 unspecified atom stereocenters. The summed E-state index contributed by atoms with van der Waals surface area (Å²) in [6.07, 6.45) is 0. The summed E-state index contributed by atoms with van der Waals surface area (Å²) in [6.45, 7) is 4.85. The molecule has 0 aromatic heterocycles. The Kier molecular flexibility index (Phi) is 8.85. The lowest BCUT2D eigenvalue weighted by molar-refractivity contribution is -0.132. The third kappa shape index (κ3) is 6.11. The molecule has 6 heteroatoms. The van der Waals surface area contributed by atoms with E-state index < -0.39 is 6.04 Å². The van der Waals surface area contributed by atoms with E-state index in [0.717, 1.165) is 10.2 Å². The van der Waals surface area contributed by atoms with Gasteiger partial charge in [0.1, 0.15) is 12.4 Å². The van der Waals surface area contributed by atoms with E-state index in [-0.39, 0.29) is 24.2 Å². The molecule has 0 heterocycles. The molecule has 0 radical (unpaired) electrons. The number of hydrogen-bond donors (Lipinski definition) is 1. The van der Waals surface area contributed by atoms with E-state index in [2.05, 4.69) is 15.9 Å². The maximum absolute atomic E-state index is 11.9. The van der Waals surface area contributed by atoms with Crippen molar-refractivity contribution in [3.63, 3.8) is 0 Å². The van der Waals surface area contributed by atoms with Crippen molar-refractivity contribution < 1.29 is 9.53 Å². The largest absolute Gasteiger partial charge is 0.492 e. The number of benzene rings is 1. The summed E-state index contributed by atoms with van der Waals surface area (Å²) in [5.74, 6) is 0.883. The molecule has 1 atom stereocenters. The van der Waals surface area contributed by atoms with Gasteiger partial charge in [0.05, 0.1) is 12.6 Å². The number of amides is 1. The third-order valence-corrected chi connectivity index (χ3v) is 3.42. The summed E-state index contributed by atoms with van der Waals surface area (Å²) < 4.78 is 6.58. The maximum atomic E-state index is 11.9. The van der Waals surface area contributed by atoms with Crippen molar-refractivity contribution in [2.75, 3.05) is 20.2 Å². The van der Waals surface area contributed by atoms with Gasteiger partial charge in [-0.2, -0.15) is 0 Å². The van der Waals surface area contributed by atoms with Crippen molar-refractivity contribution in [1.29, 1.82) is 0 Å². The topological polar surface area (TPSA) is 55.6 Å². The van der Waals surface area contributed by atoms with Gasteiger partial charge >= 0.3 is 0 Å². The van der Waals surface area contributed by atoms with E-state index in [1.165, 1.54) is 0 Å². The van der Waals surface area contributed by atoms with Gasteiger partial charge in [-0.3, -0.25) is 4.79 Å². The molecule has 1 aromatic rings. The number of halogens is 2. The fourth-order valence-electron chi connectivity index (χ4n) is 1.48. The molecule has 0 bridgehead atoms. The molecule has 4 nitrogen and oxygen atoms in total. The lowest BCUT2D eigenvalue weighted by atomic mass is 10.0. The SMILES string of the molecule is CC(C)[C@H](N)C(=O)N(C)CCOc1ccc(Br)cc1.Cl. The van der Waals surface area contributed by atoms with Crippen LogP contribution in [0.2, 0.25) is 0 Å². The van der Waals surface area contributed by atoms with Gasteiger partial charge in [0.25, 0.3) is 0 Å². The summed E-state index contributed by atoms with van der Waals surface area (Å²) in [5.41, 5.74) is 5.82. The zero-order valence-corrected chi connectivity index (χ0v) is 14.4. The molecule has 0 saturated carbocycles. The van der Waals surface area contributed by atoms with Crippen LogP contribution < -0.4 is 10.5 Å². The summed E-state index contributed by atoms with van der Waals surface area (Å²) in [7, 11) is 1.75. The van der Waals surface area contributed by atoms with Gasteiger partial charge in [-0.05, 0) is 30.2 Å². The van der Waals surface area contributed by atoms with Crippen molar-refractivity contribution in [2.24, 2.45) is 11.7 Å². The van der Waals surface area contributed by atoms with E-state index in [4.69, 9.17) is 10.5 Å². The Morgan fingerprint density at radius 2 is 1.90 bits per heavy atom. The Hall–Kier alpha value is -0.780. The van der Waals surface area contributed by atoms with Gasteiger partial charge in [-0.1, -0.05) is 29.8 Å². The number of ether oxygens (including phenoxy) is 1. The number of nitrogens with two attached hydrogens (primary N) is 1. The summed E-state index contributed by atoms with van der Waals surface area (Å²) in [4.78, 5) is 13.5. The number of carbonyl (C=O) groups excluding carboxylic acids is 1.